The minimum Gasteiger partial charge on any atom is -0.141 e. The fraction of sp³-hybridized carbons (Fsp3) is 0.600. The molecule has 0 saturated heterocycles. The van der Waals surface area contributed by atoms with E-state index in [1.807, 2.05) is 22.7 Å². The summed E-state index contributed by atoms with van der Waals surface area (Å²) in [6, 6.07) is 4.45. The van der Waals surface area contributed by atoms with E-state index in [9.17, 15) is 0 Å². The van der Waals surface area contributed by atoms with Crippen molar-refractivity contribution in [1.82, 2.24) is 0 Å². The Morgan fingerprint density at radius 2 is 1.71 bits per heavy atom. The summed E-state index contributed by atoms with van der Waals surface area (Å²) in [5, 5.41) is 2.41. The van der Waals surface area contributed by atoms with Crippen molar-refractivity contribution < 1.29 is 0 Å². The van der Waals surface area contributed by atoms with Gasteiger partial charge in [-0.2, -0.15) is 0 Å². The van der Waals surface area contributed by atoms with Gasteiger partial charge in [0.2, 0.25) is 0 Å². The van der Waals surface area contributed by atoms with E-state index in [4.69, 9.17) is 0 Å². The van der Waals surface area contributed by atoms with Crippen LogP contribution in [0.2, 0.25) is 0 Å². The third-order valence-electron chi connectivity index (χ3n) is 4.19. The zero-order valence-electron chi connectivity index (χ0n) is 14.9. The van der Waals surface area contributed by atoms with E-state index in [1.165, 1.54) is 77.1 Å². The van der Waals surface area contributed by atoms with Gasteiger partial charge in [0, 0.05) is 20.0 Å². The van der Waals surface area contributed by atoms with Crippen LogP contribution < -0.4 is 0 Å². The zero-order chi connectivity index (χ0) is 17.2. The Morgan fingerprint density at radius 1 is 0.958 bits per heavy atom. The average Bonchev–Trinajstić information content (AvgIpc) is 3.17. The molecule has 0 amide bonds. The predicted octanol–water partition coefficient (Wildman–Crippen LogP) is 9.03. The summed E-state index contributed by atoms with van der Waals surface area (Å²) >= 11 is 9.51. The first-order valence-corrected chi connectivity index (χ1v) is 12.7. The van der Waals surface area contributed by atoms with Gasteiger partial charge in [-0.05, 0) is 58.6 Å². The Bertz CT molecular complexity index is 585. The highest BCUT2D eigenvalue weighted by Crippen LogP contribution is 2.42. The van der Waals surface area contributed by atoms with E-state index < -0.39 is 0 Å². The first-order valence-electron chi connectivity index (χ1n) is 9.25. The molecule has 0 aliphatic heterocycles. The van der Waals surface area contributed by atoms with Crippen molar-refractivity contribution in [3.05, 3.63) is 26.9 Å². The van der Waals surface area contributed by atoms with Gasteiger partial charge >= 0.3 is 0 Å². The maximum absolute atomic E-state index is 3.62. The second-order valence-electron chi connectivity index (χ2n) is 6.23. The number of hydrogen-bond donors (Lipinski definition) is 0. The van der Waals surface area contributed by atoms with Gasteiger partial charge < -0.3 is 0 Å². The molecule has 2 heterocycles. The van der Waals surface area contributed by atoms with E-state index in [1.54, 1.807) is 10.5 Å². The summed E-state index contributed by atoms with van der Waals surface area (Å²) in [5.74, 6) is 1.27. The van der Waals surface area contributed by atoms with E-state index in [0.29, 0.717) is 0 Å². The molecule has 24 heavy (non-hydrogen) atoms. The van der Waals surface area contributed by atoms with Gasteiger partial charge in [-0.15, -0.1) is 34.4 Å². The lowest BCUT2D eigenvalue weighted by atomic mass is 10.1. The van der Waals surface area contributed by atoms with Crippen molar-refractivity contribution in [3.8, 4) is 9.75 Å². The molecule has 2 rings (SSSR count). The molecule has 0 aromatic carbocycles. The first-order chi connectivity index (χ1) is 11.8. The molecule has 0 radical (unpaired) electrons. The molecule has 0 saturated carbocycles. The van der Waals surface area contributed by atoms with Gasteiger partial charge in [0.15, 0.2) is 0 Å². The summed E-state index contributed by atoms with van der Waals surface area (Å²) in [6.45, 7) is 4.57. The number of thiophene rings is 2. The van der Waals surface area contributed by atoms with Gasteiger partial charge in [-0.1, -0.05) is 52.4 Å². The van der Waals surface area contributed by atoms with Crippen molar-refractivity contribution in [2.75, 3.05) is 5.75 Å². The maximum Gasteiger partial charge on any atom is 0.0705 e. The number of unbranched alkanes of at least 4 members (excludes halogenated alkanes) is 6. The van der Waals surface area contributed by atoms with Crippen molar-refractivity contribution in [2.24, 2.45) is 0 Å². The zero-order valence-corrected chi connectivity index (χ0v) is 18.9. The Labute approximate surface area is 168 Å². The Morgan fingerprint density at radius 3 is 2.38 bits per heavy atom. The number of rotatable bonds is 12. The van der Waals surface area contributed by atoms with Crippen LogP contribution in [0.4, 0.5) is 0 Å². The fourth-order valence-electron chi connectivity index (χ4n) is 2.81. The summed E-state index contributed by atoms with van der Waals surface area (Å²) in [6.07, 6.45) is 12.0. The van der Waals surface area contributed by atoms with E-state index in [2.05, 4.69) is 59.1 Å². The van der Waals surface area contributed by atoms with Gasteiger partial charge in [-0.25, -0.2) is 0 Å². The smallest absolute Gasteiger partial charge is 0.0705 e. The molecule has 0 bridgehead atoms. The van der Waals surface area contributed by atoms with Crippen LogP contribution in [0.1, 0.15) is 70.8 Å². The molecule has 4 heteroatoms. The largest absolute Gasteiger partial charge is 0.141 e. The van der Waals surface area contributed by atoms with Crippen LogP contribution in [0, 0.1) is 0 Å². The Balaban J connectivity index is 2.03. The van der Waals surface area contributed by atoms with E-state index in [-0.39, 0.29) is 0 Å². The van der Waals surface area contributed by atoms with Crippen molar-refractivity contribution >= 4 is 50.4 Å². The second kappa shape index (κ2) is 11.8. The van der Waals surface area contributed by atoms with Crippen LogP contribution >= 0.6 is 50.4 Å². The average molecular weight is 446 g/mol. The Hall–Kier alpha value is 0.230. The van der Waals surface area contributed by atoms with Crippen LogP contribution in [0.3, 0.4) is 0 Å². The molecule has 0 fully saturated rings. The van der Waals surface area contributed by atoms with Gasteiger partial charge in [-0.3, -0.25) is 0 Å². The van der Waals surface area contributed by atoms with E-state index in [0.717, 1.165) is 0 Å². The minimum atomic E-state index is 1.23. The molecule has 134 valence electrons. The quantitative estimate of drug-likeness (QED) is 0.232. The molecule has 0 spiro atoms. The van der Waals surface area contributed by atoms with E-state index >= 15 is 0 Å². The Kier molecular flexibility index (Phi) is 10.1. The number of halogens is 1. The standard InChI is InChI=1S/C20H29BrS3/c1-3-5-7-9-11-16-18(22-14-10-8-6-4-2)15-23-20(16)17-12-13-19(21)24-17/h12-13,15H,3-11,14H2,1-2H3. The molecule has 0 aliphatic carbocycles. The SMILES string of the molecule is CCCCCCSc1csc(-c2ccc(Br)s2)c1CCCCCC. The summed E-state index contributed by atoms with van der Waals surface area (Å²) < 4.78 is 1.23. The number of thioether (sulfide) groups is 1. The molecule has 2 aromatic rings. The van der Waals surface area contributed by atoms with Crippen molar-refractivity contribution in [1.29, 1.82) is 0 Å². The highest BCUT2D eigenvalue weighted by Gasteiger charge is 2.15. The second-order valence-corrected chi connectivity index (χ2v) is 10.7. The predicted molar refractivity (Wildman–Crippen MR) is 118 cm³/mol. The molecule has 2 aromatic heterocycles. The van der Waals surface area contributed by atoms with Gasteiger partial charge in [0.1, 0.15) is 0 Å². The lowest BCUT2D eigenvalue weighted by Gasteiger charge is -2.07. The first kappa shape index (κ1) is 20.5. The van der Waals surface area contributed by atoms with Gasteiger partial charge in [0.05, 0.1) is 3.79 Å². The normalized spacial score (nSPS) is 11.3. The van der Waals surface area contributed by atoms with Crippen LogP contribution in [-0.4, -0.2) is 5.75 Å². The lowest BCUT2D eigenvalue weighted by Crippen LogP contribution is -1.89. The third kappa shape index (κ3) is 6.51. The maximum atomic E-state index is 3.62. The topological polar surface area (TPSA) is 0 Å². The molecule has 0 atom stereocenters. The van der Waals surface area contributed by atoms with Crippen LogP contribution in [0.5, 0.6) is 0 Å². The molecule has 0 aliphatic rings. The summed E-state index contributed by atoms with van der Waals surface area (Å²) in [4.78, 5) is 4.49. The van der Waals surface area contributed by atoms with Crippen LogP contribution in [-0.2, 0) is 6.42 Å². The fourth-order valence-corrected chi connectivity index (χ4v) is 6.76. The van der Waals surface area contributed by atoms with Crippen molar-refractivity contribution in [2.45, 2.75) is 76.5 Å². The minimum absolute atomic E-state index is 1.23. The third-order valence-corrected chi connectivity index (χ3v) is 8.33. The number of hydrogen-bond acceptors (Lipinski definition) is 3. The van der Waals surface area contributed by atoms with Crippen molar-refractivity contribution in [3.63, 3.8) is 0 Å². The van der Waals surface area contributed by atoms with Crippen LogP contribution in [0.25, 0.3) is 9.75 Å². The summed E-state index contributed by atoms with van der Waals surface area (Å²) in [7, 11) is 0. The molecular weight excluding hydrogens is 416 g/mol. The molecule has 0 unspecified atom stereocenters. The lowest BCUT2D eigenvalue weighted by molar-refractivity contribution is 0.665. The molecular formula is C20H29BrS3. The van der Waals surface area contributed by atoms with Crippen LogP contribution in [0.15, 0.2) is 26.2 Å². The molecule has 0 nitrogen and oxygen atoms in total. The highest BCUT2D eigenvalue weighted by atomic mass is 79.9. The molecule has 0 N–H and O–H groups in total. The summed E-state index contributed by atoms with van der Waals surface area (Å²) in [5.41, 5.74) is 1.62. The monoisotopic (exact) mass is 444 g/mol. The highest BCUT2D eigenvalue weighted by molar-refractivity contribution is 9.11. The van der Waals surface area contributed by atoms with Gasteiger partial charge in [0.25, 0.3) is 0 Å².